The molecule has 5 nitrogen and oxygen atoms in total. The summed E-state index contributed by atoms with van der Waals surface area (Å²) < 4.78 is 1.71. The molecule has 0 radical (unpaired) electrons. The molecule has 1 rings (SSSR count). The molecule has 0 aliphatic carbocycles. The predicted molar refractivity (Wildman–Crippen MR) is 40.8 cm³/mol. The minimum atomic E-state index is 0.336. The Kier molecular flexibility index (Phi) is 2.13. The first-order valence-corrected chi connectivity index (χ1v) is 3.24. The van der Waals surface area contributed by atoms with E-state index in [9.17, 15) is 0 Å². The molecule has 0 bridgehead atoms. The number of nitrogens with zero attached hydrogens (tertiary/aromatic N) is 5. The van der Waals surface area contributed by atoms with Crippen LogP contribution in [-0.4, -0.2) is 9.78 Å². The molecule has 1 heterocycles. The molecule has 58 valence electrons. The Balaban J connectivity index is 2.85. The third-order valence-electron chi connectivity index (χ3n) is 1.40. The van der Waals surface area contributed by atoms with Crippen LogP contribution in [0.5, 0.6) is 0 Å². The zero-order valence-corrected chi connectivity index (χ0v) is 6.52. The van der Waals surface area contributed by atoms with Crippen LogP contribution in [0.25, 0.3) is 10.4 Å². The fourth-order valence-corrected chi connectivity index (χ4v) is 0.908. The summed E-state index contributed by atoms with van der Waals surface area (Å²) in [4.78, 5) is 2.66. The normalized spacial score (nSPS) is 9.27. The van der Waals surface area contributed by atoms with E-state index in [1.807, 2.05) is 20.2 Å². The molecule has 0 aliphatic rings. The zero-order chi connectivity index (χ0) is 8.27. The molecule has 0 saturated heterocycles. The maximum Gasteiger partial charge on any atom is 0.0711 e. The van der Waals surface area contributed by atoms with E-state index in [1.165, 1.54) is 0 Å². The van der Waals surface area contributed by atoms with Crippen LogP contribution in [0.4, 0.5) is 0 Å². The Morgan fingerprint density at radius 3 is 3.00 bits per heavy atom. The molecule has 0 fully saturated rings. The lowest BCUT2D eigenvalue weighted by atomic mass is 10.3. The van der Waals surface area contributed by atoms with Crippen molar-refractivity contribution in [3.8, 4) is 0 Å². The largest absolute Gasteiger partial charge is 0.275 e. The molecule has 0 amide bonds. The topological polar surface area (TPSA) is 66.6 Å². The summed E-state index contributed by atoms with van der Waals surface area (Å²) in [7, 11) is 1.84. The van der Waals surface area contributed by atoms with Gasteiger partial charge in [-0.3, -0.25) is 4.68 Å². The van der Waals surface area contributed by atoms with Gasteiger partial charge in [0.1, 0.15) is 0 Å². The van der Waals surface area contributed by atoms with E-state index in [-0.39, 0.29) is 0 Å². The van der Waals surface area contributed by atoms with Gasteiger partial charge in [0, 0.05) is 18.2 Å². The van der Waals surface area contributed by atoms with Crippen molar-refractivity contribution < 1.29 is 0 Å². The van der Waals surface area contributed by atoms with Crippen molar-refractivity contribution in [1.82, 2.24) is 9.78 Å². The van der Waals surface area contributed by atoms with Gasteiger partial charge in [-0.25, -0.2) is 0 Å². The highest BCUT2D eigenvalue weighted by atomic mass is 15.3. The van der Waals surface area contributed by atoms with Crippen molar-refractivity contribution in [2.75, 3.05) is 0 Å². The first-order valence-electron chi connectivity index (χ1n) is 3.24. The molecule has 0 aromatic carbocycles. The Morgan fingerprint density at radius 1 is 1.82 bits per heavy atom. The van der Waals surface area contributed by atoms with Crippen molar-refractivity contribution in [2.45, 2.75) is 13.5 Å². The van der Waals surface area contributed by atoms with Crippen LogP contribution in [0.15, 0.2) is 11.3 Å². The standard InChI is InChI=1S/C6H9N5/c1-5-4-11(2)9-6(5)3-8-10-7/h4H,3H2,1-2H3. The molecular formula is C6H9N5. The fourth-order valence-electron chi connectivity index (χ4n) is 0.908. The monoisotopic (exact) mass is 151 g/mol. The van der Waals surface area contributed by atoms with Crippen LogP contribution in [0.3, 0.4) is 0 Å². The molecule has 0 saturated carbocycles. The Morgan fingerprint density at radius 2 is 2.55 bits per heavy atom. The smallest absolute Gasteiger partial charge is 0.0711 e. The van der Waals surface area contributed by atoms with E-state index in [2.05, 4.69) is 15.1 Å². The lowest BCUT2D eigenvalue weighted by Gasteiger charge is -1.86. The Hall–Kier alpha value is -1.48. The van der Waals surface area contributed by atoms with Gasteiger partial charge < -0.3 is 0 Å². The van der Waals surface area contributed by atoms with Gasteiger partial charge in [0.2, 0.25) is 0 Å². The van der Waals surface area contributed by atoms with E-state index in [0.29, 0.717) is 6.54 Å². The minimum absolute atomic E-state index is 0.336. The molecule has 5 heteroatoms. The summed E-state index contributed by atoms with van der Waals surface area (Å²) in [5.74, 6) is 0. The second kappa shape index (κ2) is 3.07. The van der Waals surface area contributed by atoms with E-state index in [1.54, 1.807) is 4.68 Å². The number of aromatic nitrogens is 2. The molecule has 0 aliphatic heterocycles. The van der Waals surface area contributed by atoms with Gasteiger partial charge in [0.25, 0.3) is 0 Å². The van der Waals surface area contributed by atoms with Gasteiger partial charge in [0.05, 0.1) is 12.2 Å². The molecule has 0 atom stereocenters. The lowest BCUT2D eigenvalue weighted by molar-refractivity contribution is 0.742. The van der Waals surface area contributed by atoms with Crippen LogP contribution in [-0.2, 0) is 13.6 Å². The van der Waals surface area contributed by atoms with E-state index in [0.717, 1.165) is 11.3 Å². The first-order chi connectivity index (χ1) is 5.24. The third kappa shape index (κ3) is 1.72. The van der Waals surface area contributed by atoms with Gasteiger partial charge >= 0.3 is 0 Å². The van der Waals surface area contributed by atoms with Crippen LogP contribution in [0.1, 0.15) is 11.3 Å². The van der Waals surface area contributed by atoms with Crippen LogP contribution in [0, 0.1) is 6.92 Å². The number of hydrogen-bond donors (Lipinski definition) is 0. The maximum absolute atomic E-state index is 8.05. The summed E-state index contributed by atoms with van der Waals surface area (Å²) >= 11 is 0. The molecule has 0 spiro atoms. The van der Waals surface area contributed by atoms with Gasteiger partial charge in [0.15, 0.2) is 0 Å². The van der Waals surface area contributed by atoms with Crippen molar-refractivity contribution >= 4 is 0 Å². The third-order valence-corrected chi connectivity index (χ3v) is 1.40. The maximum atomic E-state index is 8.05. The van der Waals surface area contributed by atoms with Crippen LogP contribution in [0.2, 0.25) is 0 Å². The quantitative estimate of drug-likeness (QED) is 0.359. The van der Waals surface area contributed by atoms with Gasteiger partial charge in [-0.2, -0.15) is 5.10 Å². The van der Waals surface area contributed by atoms with E-state index >= 15 is 0 Å². The second-order valence-electron chi connectivity index (χ2n) is 2.32. The fraction of sp³-hybridized carbons (Fsp3) is 0.500. The predicted octanol–water partition coefficient (Wildman–Crippen LogP) is 1.54. The van der Waals surface area contributed by atoms with Crippen LogP contribution >= 0.6 is 0 Å². The second-order valence-corrected chi connectivity index (χ2v) is 2.32. The summed E-state index contributed by atoms with van der Waals surface area (Å²) in [6.07, 6.45) is 1.89. The molecule has 0 unspecified atom stereocenters. The highest BCUT2D eigenvalue weighted by Crippen LogP contribution is 2.04. The molecular weight excluding hydrogens is 142 g/mol. The number of aryl methyl sites for hydroxylation is 2. The Labute approximate surface area is 64.3 Å². The van der Waals surface area contributed by atoms with Crippen molar-refractivity contribution in [3.05, 3.63) is 27.9 Å². The highest BCUT2D eigenvalue weighted by Gasteiger charge is 1.99. The average molecular weight is 151 g/mol. The van der Waals surface area contributed by atoms with Crippen molar-refractivity contribution in [3.63, 3.8) is 0 Å². The average Bonchev–Trinajstić information content (AvgIpc) is 2.26. The summed E-state index contributed by atoms with van der Waals surface area (Å²) in [5, 5.41) is 7.52. The minimum Gasteiger partial charge on any atom is -0.275 e. The van der Waals surface area contributed by atoms with Gasteiger partial charge in [-0.1, -0.05) is 5.11 Å². The lowest BCUT2D eigenvalue weighted by Crippen LogP contribution is -1.89. The van der Waals surface area contributed by atoms with E-state index in [4.69, 9.17) is 5.53 Å². The molecule has 0 N–H and O–H groups in total. The van der Waals surface area contributed by atoms with Gasteiger partial charge in [-0.15, -0.1) is 0 Å². The SMILES string of the molecule is Cc1cn(C)nc1CN=[N+]=[N-]. The van der Waals surface area contributed by atoms with Crippen molar-refractivity contribution in [1.29, 1.82) is 0 Å². The molecule has 1 aromatic rings. The van der Waals surface area contributed by atoms with Crippen LogP contribution < -0.4 is 0 Å². The number of hydrogen-bond acceptors (Lipinski definition) is 2. The van der Waals surface area contributed by atoms with E-state index < -0.39 is 0 Å². The highest BCUT2D eigenvalue weighted by molar-refractivity contribution is 5.14. The molecule has 11 heavy (non-hydrogen) atoms. The number of rotatable bonds is 2. The summed E-state index contributed by atoms with van der Waals surface area (Å²) in [5.41, 5.74) is 9.94. The van der Waals surface area contributed by atoms with Crippen molar-refractivity contribution in [2.24, 2.45) is 12.2 Å². The first kappa shape index (κ1) is 7.63. The number of azide groups is 1. The zero-order valence-electron chi connectivity index (χ0n) is 6.52. The van der Waals surface area contributed by atoms with Gasteiger partial charge in [-0.05, 0) is 18.0 Å². The summed E-state index contributed by atoms with van der Waals surface area (Å²) in [6.45, 7) is 2.28. The molecule has 1 aromatic heterocycles. The Bertz CT molecular complexity index is 294. The summed E-state index contributed by atoms with van der Waals surface area (Å²) in [6, 6.07) is 0.